The molecule has 9 heteroatoms. The lowest BCUT2D eigenvalue weighted by atomic mass is 9.98. The Kier molecular flexibility index (Phi) is 5.11. The number of nitrogens with two attached hydrogens (primary N) is 1. The quantitative estimate of drug-likeness (QED) is 0.611. The van der Waals surface area contributed by atoms with E-state index in [0.29, 0.717) is 0 Å². The predicted octanol–water partition coefficient (Wildman–Crippen LogP) is 2.05. The molecule has 0 aromatic heterocycles. The maximum atomic E-state index is 11.1. The van der Waals surface area contributed by atoms with Crippen LogP contribution >= 0.6 is 15.9 Å². The Morgan fingerprint density at radius 1 is 1.45 bits per heavy atom. The number of nitro benzene ring substituents is 1. The minimum Gasteiger partial charge on any atom is -0.492 e. The Bertz CT molecular complexity index is 615. The summed E-state index contributed by atoms with van der Waals surface area (Å²) in [5.41, 5.74) is -0.829. The summed E-state index contributed by atoms with van der Waals surface area (Å²) in [6.07, 6.45) is 0. The summed E-state index contributed by atoms with van der Waals surface area (Å²) in [5, 5.41) is 15.8. The minimum atomic E-state index is -3.62. The predicted molar refractivity (Wildman–Crippen MR) is 78.0 cm³/mol. The second kappa shape index (κ2) is 6.06. The molecule has 0 saturated carbocycles. The van der Waals surface area contributed by atoms with Gasteiger partial charge in [-0.2, -0.15) is 0 Å². The maximum Gasteiger partial charge on any atom is 0.287 e. The monoisotopic (exact) mass is 366 g/mol. The summed E-state index contributed by atoms with van der Waals surface area (Å²) in [4.78, 5) is 10.3. The summed E-state index contributed by atoms with van der Waals surface area (Å²) >= 11 is 3.10. The highest BCUT2D eigenvalue weighted by molar-refractivity contribution is 9.10. The molecule has 0 amide bonds. The number of hydrogen-bond acceptors (Lipinski definition) is 5. The number of ether oxygens (including phenoxy) is 1. The summed E-state index contributed by atoms with van der Waals surface area (Å²) in [6.45, 7) is 3.43. The van der Waals surface area contributed by atoms with E-state index in [4.69, 9.17) is 9.88 Å². The SMILES string of the molecule is CC(C)(COc1cccc([N+](=O)[O-])c1Br)CS(N)(=O)=O. The van der Waals surface area contributed by atoms with Crippen LogP contribution in [-0.4, -0.2) is 25.7 Å². The van der Waals surface area contributed by atoms with E-state index in [-0.39, 0.29) is 28.3 Å². The van der Waals surface area contributed by atoms with Gasteiger partial charge in [-0.05, 0) is 22.0 Å². The highest BCUT2D eigenvalue weighted by Crippen LogP contribution is 2.34. The van der Waals surface area contributed by atoms with Gasteiger partial charge in [0.1, 0.15) is 10.2 Å². The smallest absolute Gasteiger partial charge is 0.287 e. The fourth-order valence-corrected chi connectivity index (χ4v) is 3.31. The highest BCUT2D eigenvalue weighted by Gasteiger charge is 2.26. The maximum absolute atomic E-state index is 11.1. The van der Waals surface area contributed by atoms with Crippen LogP contribution in [0.5, 0.6) is 5.75 Å². The Hall–Kier alpha value is -1.19. The number of rotatable bonds is 6. The molecule has 0 bridgehead atoms. The van der Waals surface area contributed by atoms with Gasteiger partial charge in [0, 0.05) is 11.5 Å². The van der Waals surface area contributed by atoms with Crippen LogP contribution in [0.25, 0.3) is 0 Å². The third kappa shape index (κ3) is 5.06. The van der Waals surface area contributed by atoms with E-state index in [1.54, 1.807) is 19.9 Å². The first kappa shape index (κ1) is 16.9. The van der Waals surface area contributed by atoms with E-state index >= 15 is 0 Å². The molecule has 20 heavy (non-hydrogen) atoms. The molecule has 0 aliphatic rings. The first-order chi connectivity index (χ1) is 9.02. The van der Waals surface area contributed by atoms with Crippen molar-refractivity contribution < 1.29 is 18.1 Å². The van der Waals surface area contributed by atoms with Crippen LogP contribution in [0.1, 0.15) is 13.8 Å². The molecule has 1 aromatic rings. The summed E-state index contributed by atoms with van der Waals surface area (Å²) < 4.78 is 27.9. The van der Waals surface area contributed by atoms with Crippen LogP contribution in [0.4, 0.5) is 5.69 Å². The van der Waals surface area contributed by atoms with Gasteiger partial charge in [-0.25, -0.2) is 13.6 Å². The largest absolute Gasteiger partial charge is 0.492 e. The normalized spacial score (nSPS) is 12.2. The van der Waals surface area contributed by atoms with E-state index in [1.165, 1.54) is 12.1 Å². The Morgan fingerprint density at radius 2 is 2.05 bits per heavy atom. The number of hydrogen-bond donors (Lipinski definition) is 1. The van der Waals surface area contributed by atoms with Gasteiger partial charge in [-0.15, -0.1) is 0 Å². The molecule has 0 aliphatic carbocycles. The van der Waals surface area contributed by atoms with Gasteiger partial charge in [0.2, 0.25) is 10.0 Å². The molecule has 2 N–H and O–H groups in total. The molecule has 0 radical (unpaired) electrons. The van der Waals surface area contributed by atoms with Crippen molar-refractivity contribution in [2.45, 2.75) is 13.8 Å². The Balaban J connectivity index is 2.85. The zero-order chi connectivity index (χ0) is 15.6. The number of halogens is 1. The van der Waals surface area contributed by atoms with Gasteiger partial charge in [-0.1, -0.05) is 19.9 Å². The average Bonchev–Trinajstić information content (AvgIpc) is 2.24. The third-order valence-corrected chi connectivity index (χ3v) is 4.33. The van der Waals surface area contributed by atoms with Crippen molar-refractivity contribution >= 4 is 31.6 Å². The van der Waals surface area contributed by atoms with E-state index < -0.39 is 20.4 Å². The summed E-state index contributed by atoms with van der Waals surface area (Å²) in [5.74, 6) is 0.0358. The summed E-state index contributed by atoms with van der Waals surface area (Å²) in [7, 11) is -3.62. The second-order valence-electron chi connectivity index (χ2n) is 5.11. The number of sulfonamides is 1. The molecule has 7 nitrogen and oxygen atoms in total. The lowest BCUT2D eigenvalue weighted by molar-refractivity contribution is -0.385. The van der Waals surface area contributed by atoms with Crippen molar-refractivity contribution in [2.24, 2.45) is 10.6 Å². The minimum absolute atomic E-state index is 0.0587. The molecule has 0 spiro atoms. The first-order valence-corrected chi connectivity index (χ1v) is 8.09. The molecule has 0 saturated heterocycles. The van der Waals surface area contributed by atoms with Gasteiger partial charge < -0.3 is 4.74 Å². The van der Waals surface area contributed by atoms with E-state index in [9.17, 15) is 18.5 Å². The van der Waals surface area contributed by atoms with E-state index in [0.717, 1.165) is 0 Å². The summed E-state index contributed by atoms with van der Waals surface area (Å²) in [6, 6.07) is 4.39. The van der Waals surface area contributed by atoms with Gasteiger partial charge in [0.05, 0.1) is 17.3 Å². The van der Waals surface area contributed by atoms with E-state index in [2.05, 4.69) is 15.9 Å². The van der Waals surface area contributed by atoms with Crippen LogP contribution in [0.15, 0.2) is 22.7 Å². The zero-order valence-electron chi connectivity index (χ0n) is 11.0. The average molecular weight is 367 g/mol. The molecular formula is C11H15BrN2O5S. The van der Waals surface area contributed by atoms with Crippen LogP contribution in [0, 0.1) is 15.5 Å². The highest BCUT2D eigenvalue weighted by atomic mass is 79.9. The fourth-order valence-electron chi connectivity index (χ4n) is 1.61. The lowest BCUT2D eigenvalue weighted by Gasteiger charge is -2.23. The van der Waals surface area contributed by atoms with Gasteiger partial charge in [0.15, 0.2) is 0 Å². The topological polar surface area (TPSA) is 113 Å². The molecule has 0 unspecified atom stereocenters. The molecule has 112 valence electrons. The second-order valence-corrected chi connectivity index (χ2v) is 7.51. The molecule has 0 aliphatic heterocycles. The van der Waals surface area contributed by atoms with Crippen LogP contribution in [0.2, 0.25) is 0 Å². The van der Waals surface area contributed by atoms with Crippen molar-refractivity contribution in [3.05, 3.63) is 32.8 Å². The Labute approximate surface area is 125 Å². The van der Waals surface area contributed by atoms with Crippen molar-refractivity contribution in [3.63, 3.8) is 0 Å². The van der Waals surface area contributed by atoms with Gasteiger partial charge in [-0.3, -0.25) is 10.1 Å². The molecule has 0 atom stereocenters. The lowest BCUT2D eigenvalue weighted by Crippen LogP contribution is -2.33. The van der Waals surface area contributed by atoms with Gasteiger partial charge >= 0.3 is 0 Å². The number of nitro groups is 1. The third-order valence-electron chi connectivity index (χ3n) is 2.35. The zero-order valence-corrected chi connectivity index (χ0v) is 13.4. The molecule has 1 rings (SSSR count). The van der Waals surface area contributed by atoms with E-state index in [1.807, 2.05) is 0 Å². The van der Waals surface area contributed by atoms with Gasteiger partial charge in [0.25, 0.3) is 5.69 Å². The number of benzene rings is 1. The van der Waals surface area contributed by atoms with Crippen molar-refractivity contribution in [1.82, 2.24) is 0 Å². The van der Waals surface area contributed by atoms with Crippen LogP contribution in [-0.2, 0) is 10.0 Å². The molecule has 1 aromatic carbocycles. The standard InChI is InChI=1S/C11H15BrN2O5S/c1-11(2,7-20(13,17)18)6-19-9-5-3-4-8(10(9)12)14(15)16/h3-5H,6-7H2,1-2H3,(H2,13,17,18). The fraction of sp³-hybridized carbons (Fsp3) is 0.455. The van der Waals surface area contributed by atoms with Crippen molar-refractivity contribution in [2.75, 3.05) is 12.4 Å². The molecule has 0 heterocycles. The van der Waals surface area contributed by atoms with Crippen LogP contribution in [0.3, 0.4) is 0 Å². The molecular weight excluding hydrogens is 352 g/mol. The Morgan fingerprint density at radius 3 is 2.55 bits per heavy atom. The van der Waals surface area contributed by atoms with Crippen LogP contribution < -0.4 is 9.88 Å². The first-order valence-electron chi connectivity index (χ1n) is 5.58. The molecule has 0 fully saturated rings. The number of primary sulfonamides is 1. The van der Waals surface area contributed by atoms with Crippen molar-refractivity contribution in [3.8, 4) is 5.75 Å². The number of nitrogens with zero attached hydrogens (tertiary/aromatic N) is 1. The van der Waals surface area contributed by atoms with Crippen molar-refractivity contribution in [1.29, 1.82) is 0 Å².